The number of benzene rings is 2. The zero-order valence-corrected chi connectivity index (χ0v) is 21.9. The lowest BCUT2D eigenvalue weighted by Gasteiger charge is -2.18. The number of anilines is 1. The number of aliphatic carboxylic acids is 1. The summed E-state index contributed by atoms with van der Waals surface area (Å²) in [7, 11) is 0. The molecule has 2 aromatic carbocycles. The molecule has 0 bridgehead atoms. The number of hydrogen-bond donors (Lipinski definition) is 4. The number of pyridine rings is 1. The molecule has 4 N–H and O–H groups in total. The van der Waals surface area contributed by atoms with Crippen molar-refractivity contribution in [2.24, 2.45) is 0 Å². The molecule has 0 saturated heterocycles. The van der Waals surface area contributed by atoms with Gasteiger partial charge in [-0.2, -0.15) is 0 Å². The van der Waals surface area contributed by atoms with Crippen LogP contribution in [0.15, 0.2) is 65.5 Å². The molecule has 0 spiro atoms. The fraction of sp³-hybridized carbons (Fsp3) is 0.276. The number of carboxylic acids is 1. The number of carbonyl (C=O) groups is 3. The zero-order valence-electron chi connectivity index (χ0n) is 21.9. The molecule has 2 amide bonds. The van der Waals surface area contributed by atoms with E-state index in [1.807, 2.05) is 50.2 Å². The monoisotopic (exact) mass is 529 g/mol. The molecule has 2 heterocycles. The van der Waals surface area contributed by atoms with Crippen LogP contribution in [0, 0.1) is 13.8 Å². The number of nitrogens with one attached hydrogen (secondary N) is 3. The summed E-state index contributed by atoms with van der Waals surface area (Å²) in [6.07, 6.45) is 3.64. The number of carboxylic acid groups (broad SMARTS) is 1. The average Bonchev–Trinajstić information content (AvgIpc) is 3.41. The van der Waals surface area contributed by atoms with Gasteiger partial charge in [0.05, 0.1) is 19.0 Å². The topological polar surface area (TPSA) is 146 Å². The molecule has 202 valence electrons. The van der Waals surface area contributed by atoms with Crippen LogP contribution in [0.25, 0.3) is 22.2 Å². The van der Waals surface area contributed by atoms with Gasteiger partial charge in [0.2, 0.25) is 11.8 Å². The van der Waals surface area contributed by atoms with Crippen molar-refractivity contribution < 1.29 is 23.9 Å². The van der Waals surface area contributed by atoms with E-state index in [0.29, 0.717) is 24.1 Å². The van der Waals surface area contributed by atoms with Gasteiger partial charge in [0.1, 0.15) is 11.3 Å². The van der Waals surface area contributed by atoms with E-state index in [9.17, 15) is 19.5 Å². The van der Waals surface area contributed by atoms with E-state index in [0.717, 1.165) is 33.6 Å². The summed E-state index contributed by atoms with van der Waals surface area (Å²) in [6, 6.07) is 14.2. The Morgan fingerprint density at radius 3 is 2.54 bits per heavy atom. The van der Waals surface area contributed by atoms with E-state index in [4.69, 9.17) is 4.42 Å². The maximum Gasteiger partial charge on any atom is 0.305 e. The third kappa shape index (κ3) is 7.41. The molecular weight excluding hydrogens is 498 g/mol. The van der Waals surface area contributed by atoms with Crippen LogP contribution in [-0.2, 0) is 14.4 Å². The SMILES string of the molecule is Cc1ccnc(NCCCC(=O)NCC(=O)N[C@@H](CC(=O)O)c2ccc(-c3ccc(C)c4ncoc34)cc2)c1. The third-order valence-electron chi connectivity index (χ3n) is 6.27. The van der Waals surface area contributed by atoms with Crippen LogP contribution < -0.4 is 16.0 Å². The minimum absolute atomic E-state index is 0.240. The summed E-state index contributed by atoms with van der Waals surface area (Å²) in [6.45, 7) is 4.26. The fourth-order valence-electron chi connectivity index (χ4n) is 4.24. The molecule has 39 heavy (non-hydrogen) atoms. The molecule has 0 radical (unpaired) electrons. The highest BCUT2D eigenvalue weighted by atomic mass is 16.4. The molecule has 0 unspecified atom stereocenters. The van der Waals surface area contributed by atoms with Gasteiger partial charge < -0.3 is 25.5 Å². The van der Waals surface area contributed by atoms with Crippen molar-refractivity contribution in [3.05, 3.63) is 77.8 Å². The number of rotatable bonds is 12. The normalized spacial score (nSPS) is 11.6. The Kier molecular flexibility index (Phi) is 8.88. The molecule has 2 aromatic heterocycles. The van der Waals surface area contributed by atoms with Crippen molar-refractivity contribution >= 4 is 34.7 Å². The van der Waals surface area contributed by atoms with Crippen LogP contribution in [0.1, 0.15) is 42.0 Å². The number of aromatic nitrogens is 2. The highest BCUT2D eigenvalue weighted by Gasteiger charge is 2.19. The number of fused-ring (bicyclic) bond motifs is 1. The minimum atomic E-state index is -1.05. The van der Waals surface area contributed by atoms with Crippen LogP contribution in [0.5, 0.6) is 0 Å². The number of aryl methyl sites for hydroxylation is 2. The fourth-order valence-corrected chi connectivity index (χ4v) is 4.24. The van der Waals surface area contributed by atoms with E-state index < -0.39 is 17.9 Å². The smallest absolute Gasteiger partial charge is 0.305 e. The zero-order chi connectivity index (χ0) is 27.8. The Hall–Kier alpha value is -4.73. The quantitative estimate of drug-likeness (QED) is 0.200. The second-order valence-electron chi connectivity index (χ2n) is 9.33. The van der Waals surface area contributed by atoms with Gasteiger partial charge >= 0.3 is 5.97 Å². The van der Waals surface area contributed by atoms with Crippen molar-refractivity contribution in [2.75, 3.05) is 18.4 Å². The average molecular weight is 530 g/mol. The van der Waals surface area contributed by atoms with Crippen molar-refractivity contribution in [2.45, 2.75) is 39.2 Å². The second-order valence-corrected chi connectivity index (χ2v) is 9.33. The summed E-state index contributed by atoms with van der Waals surface area (Å²) in [4.78, 5) is 44.7. The summed E-state index contributed by atoms with van der Waals surface area (Å²) in [5, 5.41) is 17.9. The van der Waals surface area contributed by atoms with Crippen LogP contribution in [0.3, 0.4) is 0 Å². The first-order valence-electron chi connectivity index (χ1n) is 12.7. The van der Waals surface area contributed by atoms with E-state index >= 15 is 0 Å². The predicted molar refractivity (Wildman–Crippen MR) is 147 cm³/mol. The summed E-state index contributed by atoms with van der Waals surface area (Å²) >= 11 is 0. The summed E-state index contributed by atoms with van der Waals surface area (Å²) in [5.74, 6) is -1.04. The Balaban J connectivity index is 1.30. The van der Waals surface area contributed by atoms with Crippen molar-refractivity contribution in [1.29, 1.82) is 0 Å². The number of carbonyl (C=O) groups excluding carboxylic acids is 2. The third-order valence-corrected chi connectivity index (χ3v) is 6.27. The standard InChI is InChI=1S/C29H31N5O5/c1-18-11-13-31-24(14-18)30-12-3-4-25(35)32-16-26(36)34-23(15-27(37)38)21-8-6-20(7-9-21)22-10-5-19(2)28-29(22)39-17-33-28/h5-11,13-14,17,23H,3-4,12,15-16H2,1-2H3,(H,30,31)(H,32,35)(H,34,36)(H,37,38)/t23-/m0/s1. The van der Waals surface area contributed by atoms with Gasteiger partial charge in [-0.05, 0) is 54.7 Å². The number of oxazole rings is 1. The van der Waals surface area contributed by atoms with Crippen LogP contribution >= 0.6 is 0 Å². The van der Waals surface area contributed by atoms with Gasteiger partial charge in [0.15, 0.2) is 12.0 Å². The van der Waals surface area contributed by atoms with Crippen molar-refractivity contribution in [3.63, 3.8) is 0 Å². The number of hydrogen-bond acceptors (Lipinski definition) is 7. The van der Waals surface area contributed by atoms with Gasteiger partial charge in [-0.3, -0.25) is 14.4 Å². The molecule has 10 heteroatoms. The highest BCUT2D eigenvalue weighted by Crippen LogP contribution is 2.31. The molecule has 0 fully saturated rings. The molecule has 0 aliphatic heterocycles. The van der Waals surface area contributed by atoms with Gasteiger partial charge in [-0.1, -0.05) is 36.4 Å². The predicted octanol–water partition coefficient (Wildman–Crippen LogP) is 4.15. The van der Waals surface area contributed by atoms with E-state index in [2.05, 4.69) is 25.9 Å². The molecule has 0 saturated carbocycles. The Labute approximate surface area is 225 Å². The Morgan fingerprint density at radius 2 is 1.79 bits per heavy atom. The maximum atomic E-state index is 12.5. The van der Waals surface area contributed by atoms with Crippen molar-refractivity contribution in [1.82, 2.24) is 20.6 Å². The van der Waals surface area contributed by atoms with Gasteiger partial charge in [-0.25, -0.2) is 9.97 Å². The van der Waals surface area contributed by atoms with Crippen molar-refractivity contribution in [3.8, 4) is 11.1 Å². The molecule has 0 aliphatic rings. The lowest BCUT2D eigenvalue weighted by molar-refractivity contribution is -0.138. The van der Waals surface area contributed by atoms with E-state index in [1.165, 1.54) is 6.39 Å². The largest absolute Gasteiger partial charge is 0.481 e. The summed E-state index contributed by atoms with van der Waals surface area (Å²) in [5.41, 5.74) is 5.94. The minimum Gasteiger partial charge on any atom is -0.481 e. The van der Waals surface area contributed by atoms with E-state index in [-0.39, 0.29) is 25.3 Å². The van der Waals surface area contributed by atoms with Crippen LogP contribution in [0.2, 0.25) is 0 Å². The molecule has 4 aromatic rings. The van der Waals surface area contributed by atoms with Gasteiger partial charge in [0.25, 0.3) is 0 Å². The Morgan fingerprint density at radius 1 is 1.00 bits per heavy atom. The number of nitrogens with zero attached hydrogens (tertiary/aromatic N) is 2. The Bertz CT molecular complexity index is 1460. The molecule has 0 aliphatic carbocycles. The molecular formula is C29H31N5O5. The lowest BCUT2D eigenvalue weighted by Crippen LogP contribution is -2.39. The first kappa shape index (κ1) is 27.3. The first-order valence-corrected chi connectivity index (χ1v) is 12.7. The van der Waals surface area contributed by atoms with Gasteiger partial charge in [-0.15, -0.1) is 0 Å². The van der Waals surface area contributed by atoms with Crippen LogP contribution in [0.4, 0.5) is 5.82 Å². The molecule has 1 atom stereocenters. The molecule has 10 nitrogen and oxygen atoms in total. The first-order chi connectivity index (χ1) is 18.8. The second kappa shape index (κ2) is 12.7. The van der Waals surface area contributed by atoms with Crippen LogP contribution in [-0.4, -0.2) is 45.9 Å². The lowest BCUT2D eigenvalue weighted by atomic mass is 9.98. The maximum absolute atomic E-state index is 12.5. The summed E-state index contributed by atoms with van der Waals surface area (Å²) < 4.78 is 5.58. The number of amides is 2. The van der Waals surface area contributed by atoms with Gasteiger partial charge in [0, 0.05) is 24.7 Å². The van der Waals surface area contributed by atoms with E-state index in [1.54, 1.807) is 18.3 Å². The molecule has 4 rings (SSSR count). The highest BCUT2D eigenvalue weighted by molar-refractivity contribution is 5.92.